The van der Waals surface area contributed by atoms with Crippen LogP contribution in [0.15, 0.2) is 0 Å². The molecule has 0 unspecified atom stereocenters. The molecular formula is C42H86O12. The number of rotatable bonds is 51. The van der Waals surface area contributed by atoms with E-state index in [9.17, 15) is 0 Å². The summed E-state index contributed by atoms with van der Waals surface area (Å²) in [5.74, 6) is 0. The van der Waals surface area contributed by atoms with E-state index in [0.29, 0.717) is 145 Å². The average Bonchev–Trinajstić information content (AvgIpc) is 3.18. The third-order valence-corrected chi connectivity index (χ3v) is 8.38. The van der Waals surface area contributed by atoms with Crippen LogP contribution in [0.5, 0.6) is 0 Å². The van der Waals surface area contributed by atoms with E-state index < -0.39 is 0 Å². The highest BCUT2D eigenvalue weighted by atomic mass is 16.6. The number of hydrogen-bond donors (Lipinski definition) is 0. The predicted octanol–water partition coefficient (Wildman–Crippen LogP) is 7.47. The molecule has 0 aliphatic heterocycles. The zero-order chi connectivity index (χ0) is 38.8. The van der Waals surface area contributed by atoms with Crippen LogP contribution in [0.1, 0.15) is 117 Å². The van der Waals surface area contributed by atoms with Gasteiger partial charge in [-0.25, -0.2) is 0 Å². The molecule has 0 bridgehead atoms. The Balaban J connectivity index is 3.05. The summed E-state index contributed by atoms with van der Waals surface area (Å²) in [6, 6.07) is 0. The van der Waals surface area contributed by atoms with Crippen LogP contribution in [0.25, 0.3) is 0 Å². The third kappa shape index (κ3) is 51.5. The van der Waals surface area contributed by atoms with Crippen molar-refractivity contribution in [2.75, 3.05) is 159 Å². The van der Waals surface area contributed by atoms with E-state index in [1.807, 2.05) is 0 Å². The lowest BCUT2D eigenvalue weighted by Gasteiger charge is -2.09. The second-order valence-corrected chi connectivity index (χ2v) is 13.3. The topological polar surface area (TPSA) is 111 Å². The molecule has 0 aromatic heterocycles. The molecule has 0 spiro atoms. The van der Waals surface area contributed by atoms with Crippen LogP contribution < -0.4 is 0 Å². The SMILES string of the molecule is CCCCCCCCCCCCCCCCOCCOCCOCCOCCOCCOCCOCCOCCOCCOCCOCCOCCCC. The van der Waals surface area contributed by atoms with E-state index in [0.717, 1.165) is 32.5 Å². The minimum atomic E-state index is 0.522. The summed E-state index contributed by atoms with van der Waals surface area (Å²) in [6.45, 7) is 18.3. The summed E-state index contributed by atoms with van der Waals surface area (Å²) in [5, 5.41) is 0. The van der Waals surface area contributed by atoms with Gasteiger partial charge in [0.05, 0.1) is 145 Å². The van der Waals surface area contributed by atoms with Crippen molar-refractivity contribution in [3.8, 4) is 0 Å². The van der Waals surface area contributed by atoms with Gasteiger partial charge < -0.3 is 56.8 Å². The molecule has 0 saturated heterocycles. The highest BCUT2D eigenvalue weighted by molar-refractivity contribution is 4.49. The molecule has 0 atom stereocenters. The lowest BCUT2D eigenvalue weighted by molar-refractivity contribution is -0.0283. The molecule has 326 valence electrons. The minimum absolute atomic E-state index is 0.522. The number of ether oxygens (including phenoxy) is 12. The summed E-state index contributed by atoms with van der Waals surface area (Å²) in [6.07, 6.45) is 21.5. The Hall–Kier alpha value is -0.480. The van der Waals surface area contributed by atoms with Gasteiger partial charge in [0.2, 0.25) is 0 Å². The van der Waals surface area contributed by atoms with Crippen LogP contribution in [0, 0.1) is 0 Å². The van der Waals surface area contributed by atoms with Gasteiger partial charge in [0.1, 0.15) is 0 Å². The third-order valence-electron chi connectivity index (χ3n) is 8.38. The van der Waals surface area contributed by atoms with Crippen LogP contribution in [0.2, 0.25) is 0 Å². The zero-order valence-electron chi connectivity index (χ0n) is 35.2. The highest BCUT2D eigenvalue weighted by Crippen LogP contribution is 2.13. The molecule has 54 heavy (non-hydrogen) atoms. The molecule has 0 rings (SSSR count). The van der Waals surface area contributed by atoms with Crippen molar-refractivity contribution in [3.63, 3.8) is 0 Å². The van der Waals surface area contributed by atoms with E-state index >= 15 is 0 Å². The molecule has 0 aliphatic rings. The van der Waals surface area contributed by atoms with E-state index in [4.69, 9.17) is 56.8 Å². The molecule has 0 N–H and O–H groups in total. The van der Waals surface area contributed by atoms with Crippen molar-refractivity contribution < 1.29 is 56.8 Å². The number of unbranched alkanes of at least 4 members (excludes halogenated alkanes) is 14. The van der Waals surface area contributed by atoms with Gasteiger partial charge in [-0.05, 0) is 12.8 Å². The Bertz CT molecular complexity index is 582. The lowest BCUT2D eigenvalue weighted by Crippen LogP contribution is -2.15. The van der Waals surface area contributed by atoms with Gasteiger partial charge >= 0.3 is 0 Å². The van der Waals surface area contributed by atoms with Crippen molar-refractivity contribution in [2.24, 2.45) is 0 Å². The summed E-state index contributed by atoms with van der Waals surface area (Å²) in [5.41, 5.74) is 0. The van der Waals surface area contributed by atoms with Crippen LogP contribution in [0.4, 0.5) is 0 Å². The largest absolute Gasteiger partial charge is 0.379 e. The van der Waals surface area contributed by atoms with E-state index in [2.05, 4.69) is 13.8 Å². The standard InChI is InChI=1S/C42H86O12/c1-3-5-7-8-9-10-11-12-13-14-15-16-17-18-20-44-22-24-46-26-28-48-30-32-50-34-36-52-38-40-54-42-41-53-39-37-51-35-33-49-31-29-47-27-25-45-23-21-43-19-6-4-2/h3-42H2,1-2H3. The lowest BCUT2D eigenvalue weighted by atomic mass is 10.0. The van der Waals surface area contributed by atoms with Gasteiger partial charge in [-0.1, -0.05) is 104 Å². The van der Waals surface area contributed by atoms with Gasteiger partial charge in [0.15, 0.2) is 0 Å². The summed E-state index contributed by atoms with van der Waals surface area (Å²) < 4.78 is 66.2. The zero-order valence-corrected chi connectivity index (χ0v) is 35.2. The molecule has 0 fully saturated rings. The first kappa shape index (κ1) is 53.5. The van der Waals surface area contributed by atoms with Crippen molar-refractivity contribution >= 4 is 0 Å². The van der Waals surface area contributed by atoms with Gasteiger partial charge in [0, 0.05) is 13.2 Å². The van der Waals surface area contributed by atoms with Crippen molar-refractivity contribution in [1.29, 1.82) is 0 Å². The fourth-order valence-electron chi connectivity index (χ4n) is 5.17. The fourth-order valence-corrected chi connectivity index (χ4v) is 5.17. The molecule has 12 nitrogen and oxygen atoms in total. The highest BCUT2D eigenvalue weighted by Gasteiger charge is 1.98. The normalized spacial score (nSPS) is 11.7. The Kier molecular flexibility index (Phi) is 52.1. The maximum absolute atomic E-state index is 5.69. The maximum Gasteiger partial charge on any atom is 0.0701 e. The molecular weight excluding hydrogens is 696 g/mol. The van der Waals surface area contributed by atoms with E-state index in [-0.39, 0.29) is 0 Å². The van der Waals surface area contributed by atoms with Gasteiger partial charge in [-0.2, -0.15) is 0 Å². The quantitative estimate of drug-likeness (QED) is 0.0571. The molecule has 12 heteroatoms. The maximum atomic E-state index is 5.69. The molecule has 0 aliphatic carbocycles. The van der Waals surface area contributed by atoms with Gasteiger partial charge in [-0.15, -0.1) is 0 Å². The molecule has 0 aromatic carbocycles. The number of hydrogen-bond acceptors (Lipinski definition) is 12. The Morgan fingerprint density at radius 2 is 0.296 bits per heavy atom. The Morgan fingerprint density at radius 3 is 0.500 bits per heavy atom. The van der Waals surface area contributed by atoms with Crippen LogP contribution in [-0.2, 0) is 56.8 Å². The Morgan fingerprint density at radius 1 is 0.148 bits per heavy atom. The first-order chi connectivity index (χ1) is 26.9. The van der Waals surface area contributed by atoms with Crippen molar-refractivity contribution in [3.05, 3.63) is 0 Å². The van der Waals surface area contributed by atoms with Crippen LogP contribution in [-0.4, -0.2) is 159 Å². The monoisotopic (exact) mass is 783 g/mol. The second kappa shape index (κ2) is 52.5. The fraction of sp³-hybridized carbons (Fsp3) is 1.00. The van der Waals surface area contributed by atoms with E-state index in [1.54, 1.807) is 0 Å². The first-order valence-electron chi connectivity index (χ1n) is 21.8. The summed E-state index contributed by atoms with van der Waals surface area (Å²) >= 11 is 0. The molecule has 0 aromatic rings. The minimum Gasteiger partial charge on any atom is -0.379 e. The molecule has 0 radical (unpaired) electrons. The second-order valence-electron chi connectivity index (χ2n) is 13.3. The predicted molar refractivity (Wildman–Crippen MR) is 215 cm³/mol. The van der Waals surface area contributed by atoms with Crippen molar-refractivity contribution in [1.82, 2.24) is 0 Å². The van der Waals surface area contributed by atoms with Gasteiger partial charge in [0.25, 0.3) is 0 Å². The van der Waals surface area contributed by atoms with E-state index in [1.165, 1.54) is 83.5 Å². The molecule has 0 amide bonds. The summed E-state index contributed by atoms with van der Waals surface area (Å²) in [4.78, 5) is 0. The smallest absolute Gasteiger partial charge is 0.0701 e. The van der Waals surface area contributed by atoms with Crippen LogP contribution in [0.3, 0.4) is 0 Å². The van der Waals surface area contributed by atoms with Gasteiger partial charge in [-0.3, -0.25) is 0 Å². The molecule has 0 heterocycles. The first-order valence-corrected chi connectivity index (χ1v) is 21.8. The average molecular weight is 783 g/mol. The van der Waals surface area contributed by atoms with Crippen molar-refractivity contribution in [2.45, 2.75) is 117 Å². The molecule has 0 saturated carbocycles. The van der Waals surface area contributed by atoms with Crippen LogP contribution >= 0.6 is 0 Å². The summed E-state index contributed by atoms with van der Waals surface area (Å²) in [7, 11) is 0. The Labute approximate surface area is 331 Å².